The second kappa shape index (κ2) is 8.59. The van der Waals surface area contributed by atoms with Gasteiger partial charge in [0.05, 0.1) is 28.9 Å². The summed E-state index contributed by atoms with van der Waals surface area (Å²) >= 11 is 9.62. The summed E-state index contributed by atoms with van der Waals surface area (Å²) in [6.45, 7) is 4.50. The van der Waals surface area contributed by atoms with Crippen molar-refractivity contribution in [2.24, 2.45) is 0 Å². The minimum Gasteiger partial charge on any atom is -0.493 e. The number of aromatic nitrogens is 1. The number of benzene rings is 2. The van der Waals surface area contributed by atoms with Gasteiger partial charge in [-0.3, -0.25) is 4.98 Å². The Morgan fingerprint density at radius 3 is 2.74 bits per heavy atom. The summed E-state index contributed by atoms with van der Waals surface area (Å²) in [5.74, 6) is 0.247. The van der Waals surface area contributed by atoms with Crippen molar-refractivity contribution in [3.63, 3.8) is 0 Å². The van der Waals surface area contributed by atoms with Gasteiger partial charge in [-0.15, -0.1) is 0 Å². The number of anilines is 2. The van der Waals surface area contributed by atoms with Gasteiger partial charge in [0, 0.05) is 28.4 Å². The fourth-order valence-corrected chi connectivity index (χ4v) is 3.32. The van der Waals surface area contributed by atoms with Gasteiger partial charge in [-0.25, -0.2) is 4.79 Å². The molecule has 3 rings (SSSR count). The largest absolute Gasteiger partial charge is 0.493 e. The van der Waals surface area contributed by atoms with Gasteiger partial charge in [0.25, 0.3) is 0 Å². The van der Waals surface area contributed by atoms with E-state index in [2.05, 4.69) is 26.2 Å². The van der Waals surface area contributed by atoms with E-state index in [4.69, 9.17) is 21.1 Å². The lowest BCUT2D eigenvalue weighted by molar-refractivity contribution is 0.0527. The minimum absolute atomic E-state index is 0.278. The summed E-state index contributed by atoms with van der Waals surface area (Å²) in [7, 11) is 0. The molecule has 0 fully saturated rings. The van der Waals surface area contributed by atoms with Crippen LogP contribution in [-0.4, -0.2) is 24.2 Å². The maximum Gasteiger partial charge on any atom is 0.341 e. The lowest BCUT2D eigenvalue weighted by Gasteiger charge is -2.16. The van der Waals surface area contributed by atoms with Crippen molar-refractivity contribution in [3.05, 3.63) is 57.7 Å². The normalized spacial score (nSPS) is 10.7. The molecule has 1 aromatic heterocycles. The number of nitrogens with one attached hydrogen (secondary N) is 1. The van der Waals surface area contributed by atoms with Crippen LogP contribution in [0.3, 0.4) is 0 Å². The standard InChI is InChI=1S/C20H18BrClN2O3/c1-3-26-18-10-17-14(9-16(18)21)19(15(11-23-17)20(25)27-4-2)24-13-7-5-6-12(22)8-13/h5-11H,3-4H2,1-2H3,(H,23,24). The van der Waals surface area contributed by atoms with Gasteiger partial charge >= 0.3 is 5.97 Å². The number of esters is 1. The third-order valence-electron chi connectivity index (χ3n) is 3.81. The summed E-state index contributed by atoms with van der Waals surface area (Å²) in [6.07, 6.45) is 1.51. The molecule has 1 N–H and O–H groups in total. The third kappa shape index (κ3) is 4.34. The fourth-order valence-electron chi connectivity index (χ4n) is 2.67. The van der Waals surface area contributed by atoms with Gasteiger partial charge in [0.15, 0.2) is 0 Å². The average molecular weight is 450 g/mol. The Bertz CT molecular complexity index is 994. The highest BCUT2D eigenvalue weighted by atomic mass is 79.9. The molecule has 0 aliphatic rings. The molecule has 0 spiro atoms. The van der Waals surface area contributed by atoms with Crippen LogP contribution in [0.1, 0.15) is 24.2 Å². The molecule has 3 aromatic rings. The van der Waals surface area contributed by atoms with Crippen molar-refractivity contribution < 1.29 is 14.3 Å². The number of fused-ring (bicyclic) bond motifs is 1. The molecule has 0 bridgehead atoms. The molecule has 140 valence electrons. The van der Waals surface area contributed by atoms with Gasteiger partial charge in [-0.05, 0) is 54.0 Å². The lowest BCUT2D eigenvalue weighted by Crippen LogP contribution is -2.09. The Morgan fingerprint density at radius 1 is 1.22 bits per heavy atom. The van der Waals surface area contributed by atoms with Crippen LogP contribution in [0.2, 0.25) is 5.02 Å². The number of rotatable bonds is 6. The number of nitrogens with zero attached hydrogens (tertiary/aromatic N) is 1. The van der Waals surface area contributed by atoms with Crippen LogP contribution in [0.25, 0.3) is 10.9 Å². The molecule has 1 heterocycles. The Hall–Kier alpha value is -2.31. The van der Waals surface area contributed by atoms with Gasteiger partial charge < -0.3 is 14.8 Å². The molecule has 0 aliphatic heterocycles. The SMILES string of the molecule is CCOC(=O)c1cnc2cc(OCC)c(Br)cc2c1Nc1cccc(Cl)c1. The zero-order valence-corrected chi connectivity index (χ0v) is 17.2. The summed E-state index contributed by atoms with van der Waals surface area (Å²) in [5.41, 5.74) is 2.40. The van der Waals surface area contributed by atoms with Crippen LogP contribution >= 0.6 is 27.5 Å². The molecular formula is C20H18BrClN2O3. The van der Waals surface area contributed by atoms with Gasteiger partial charge in [-0.2, -0.15) is 0 Å². The molecule has 27 heavy (non-hydrogen) atoms. The number of carbonyl (C=O) groups excluding carboxylic acids is 1. The van der Waals surface area contributed by atoms with Crippen LogP contribution in [0.5, 0.6) is 5.75 Å². The van der Waals surface area contributed by atoms with Gasteiger partial charge in [0.2, 0.25) is 0 Å². The van der Waals surface area contributed by atoms with Gasteiger partial charge in [0.1, 0.15) is 11.3 Å². The maximum absolute atomic E-state index is 12.5. The summed E-state index contributed by atoms with van der Waals surface area (Å²) < 4.78 is 11.6. The van der Waals surface area contributed by atoms with E-state index in [1.165, 1.54) is 6.20 Å². The molecule has 0 aliphatic carbocycles. The van der Waals surface area contributed by atoms with Crippen molar-refractivity contribution >= 4 is 55.8 Å². The number of pyridine rings is 1. The molecule has 7 heteroatoms. The summed E-state index contributed by atoms with van der Waals surface area (Å²) in [4.78, 5) is 16.9. The second-order valence-corrected chi connectivity index (χ2v) is 6.93. The fraction of sp³-hybridized carbons (Fsp3) is 0.200. The van der Waals surface area contributed by atoms with E-state index in [0.717, 1.165) is 15.5 Å². The Balaban J connectivity index is 2.18. The van der Waals surface area contributed by atoms with E-state index in [9.17, 15) is 4.79 Å². The number of carbonyl (C=O) groups is 1. The smallest absolute Gasteiger partial charge is 0.341 e. The van der Waals surface area contributed by atoms with Crippen molar-refractivity contribution in [2.75, 3.05) is 18.5 Å². The predicted octanol–water partition coefficient (Wildman–Crippen LogP) is 5.97. The number of hydrogen-bond donors (Lipinski definition) is 1. The Kier molecular flexibility index (Phi) is 6.19. The molecule has 2 aromatic carbocycles. The molecule has 0 unspecified atom stereocenters. The number of halogens is 2. The second-order valence-electron chi connectivity index (χ2n) is 5.64. The van der Waals surface area contributed by atoms with Gasteiger partial charge in [-0.1, -0.05) is 17.7 Å². The van der Waals surface area contributed by atoms with Crippen molar-refractivity contribution in [1.29, 1.82) is 0 Å². The van der Waals surface area contributed by atoms with Crippen LogP contribution in [-0.2, 0) is 4.74 Å². The molecule has 0 saturated heterocycles. The third-order valence-corrected chi connectivity index (χ3v) is 4.67. The van der Waals surface area contributed by atoms with Crippen molar-refractivity contribution in [3.8, 4) is 5.75 Å². The Morgan fingerprint density at radius 2 is 2.04 bits per heavy atom. The van der Waals surface area contributed by atoms with Crippen LogP contribution in [0, 0.1) is 0 Å². The topological polar surface area (TPSA) is 60.5 Å². The van der Waals surface area contributed by atoms with Crippen molar-refractivity contribution in [1.82, 2.24) is 4.98 Å². The minimum atomic E-state index is -0.443. The summed E-state index contributed by atoms with van der Waals surface area (Å²) in [5, 5.41) is 4.64. The molecule has 0 saturated carbocycles. The summed E-state index contributed by atoms with van der Waals surface area (Å²) in [6, 6.07) is 11.0. The number of ether oxygens (including phenoxy) is 2. The predicted molar refractivity (Wildman–Crippen MR) is 111 cm³/mol. The zero-order chi connectivity index (χ0) is 19.4. The lowest BCUT2D eigenvalue weighted by atomic mass is 10.1. The monoisotopic (exact) mass is 448 g/mol. The molecule has 0 radical (unpaired) electrons. The van der Waals surface area contributed by atoms with E-state index in [0.29, 0.717) is 34.1 Å². The molecular weight excluding hydrogens is 432 g/mol. The first-order chi connectivity index (χ1) is 13.0. The van der Waals surface area contributed by atoms with Crippen LogP contribution in [0.15, 0.2) is 47.1 Å². The molecule has 5 nitrogen and oxygen atoms in total. The van der Waals surface area contributed by atoms with E-state index < -0.39 is 5.97 Å². The number of hydrogen-bond acceptors (Lipinski definition) is 5. The first kappa shape index (κ1) is 19.5. The van der Waals surface area contributed by atoms with E-state index in [-0.39, 0.29) is 6.61 Å². The highest BCUT2D eigenvalue weighted by Crippen LogP contribution is 2.36. The van der Waals surface area contributed by atoms with Crippen LogP contribution < -0.4 is 10.1 Å². The first-order valence-electron chi connectivity index (χ1n) is 8.48. The van der Waals surface area contributed by atoms with E-state index in [1.807, 2.05) is 31.2 Å². The Labute approximate surface area is 170 Å². The average Bonchev–Trinajstić information content (AvgIpc) is 2.63. The highest BCUT2D eigenvalue weighted by Gasteiger charge is 2.18. The maximum atomic E-state index is 12.5. The first-order valence-corrected chi connectivity index (χ1v) is 9.65. The van der Waals surface area contributed by atoms with Crippen molar-refractivity contribution in [2.45, 2.75) is 13.8 Å². The molecule has 0 amide bonds. The van der Waals surface area contributed by atoms with E-state index in [1.54, 1.807) is 19.1 Å². The van der Waals surface area contributed by atoms with Crippen LogP contribution in [0.4, 0.5) is 11.4 Å². The quantitative estimate of drug-likeness (QED) is 0.470. The highest BCUT2D eigenvalue weighted by molar-refractivity contribution is 9.10. The molecule has 0 atom stereocenters. The van der Waals surface area contributed by atoms with E-state index >= 15 is 0 Å². The zero-order valence-electron chi connectivity index (χ0n) is 14.9.